The molecule has 2 rings (SSSR count). The van der Waals surface area contributed by atoms with Gasteiger partial charge in [-0.2, -0.15) is 0 Å². The lowest BCUT2D eigenvalue weighted by Gasteiger charge is -2.07. The molecule has 1 heterocycles. The maximum Gasteiger partial charge on any atom is 0.251 e. The van der Waals surface area contributed by atoms with Crippen molar-refractivity contribution in [1.29, 1.82) is 0 Å². The molecule has 0 saturated heterocycles. The predicted molar refractivity (Wildman–Crippen MR) is 74.0 cm³/mol. The second kappa shape index (κ2) is 6.60. The number of rotatable bonds is 5. The van der Waals surface area contributed by atoms with Gasteiger partial charge in [-0.15, -0.1) is 0 Å². The highest BCUT2D eigenvalue weighted by Crippen LogP contribution is 2.03. The molecule has 1 aromatic heterocycles. The van der Waals surface area contributed by atoms with Crippen LogP contribution in [0.4, 0.5) is 10.2 Å². The number of anilines is 1. The van der Waals surface area contributed by atoms with E-state index in [0.717, 1.165) is 5.69 Å². The number of halogens is 1. The summed E-state index contributed by atoms with van der Waals surface area (Å²) in [6, 6.07) is 7.24. The molecular formula is C14H15FN4O. The number of hydrogen-bond donors (Lipinski definition) is 2. The molecule has 0 radical (unpaired) electrons. The molecule has 0 aliphatic heterocycles. The summed E-state index contributed by atoms with van der Waals surface area (Å²) >= 11 is 0. The van der Waals surface area contributed by atoms with Gasteiger partial charge in [0.15, 0.2) is 0 Å². The molecule has 5 nitrogen and oxygen atoms in total. The number of carbonyl (C=O) groups is 1. The summed E-state index contributed by atoms with van der Waals surface area (Å²) in [4.78, 5) is 19.8. The van der Waals surface area contributed by atoms with E-state index in [-0.39, 0.29) is 11.7 Å². The Morgan fingerprint density at radius 2 is 1.95 bits per heavy atom. The zero-order chi connectivity index (χ0) is 14.4. The Morgan fingerprint density at radius 3 is 2.65 bits per heavy atom. The summed E-state index contributed by atoms with van der Waals surface area (Å²) < 4.78 is 12.7. The number of nitrogens with one attached hydrogen (secondary N) is 2. The Kier molecular flexibility index (Phi) is 4.60. The summed E-state index contributed by atoms with van der Waals surface area (Å²) in [5.74, 6) is 0.126. The Labute approximate surface area is 116 Å². The van der Waals surface area contributed by atoms with Crippen molar-refractivity contribution in [3.8, 4) is 0 Å². The largest absolute Gasteiger partial charge is 0.368 e. The Bertz CT molecular complexity index is 586. The van der Waals surface area contributed by atoms with Crippen LogP contribution < -0.4 is 10.6 Å². The van der Waals surface area contributed by atoms with Crippen LogP contribution in [0.25, 0.3) is 0 Å². The summed E-state index contributed by atoms with van der Waals surface area (Å²) in [6.45, 7) is 2.87. The van der Waals surface area contributed by atoms with Crippen LogP contribution in [0, 0.1) is 12.7 Å². The first-order chi connectivity index (χ1) is 9.65. The Balaban J connectivity index is 1.76. The highest BCUT2D eigenvalue weighted by molar-refractivity contribution is 5.94. The molecule has 0 atom stereocenters. The molecule has 0 fully saturated rings. The monoisotopic (exact) mass is 274 g/mol. The van der Waals surface area contributed by atoms with E-state index in [1.54, 1.807) is 0 Å². The molecule has 0 saturated carbocycles. The van der Waals surface area contributed by atoms with E-state index in [4.69, 9.17) is 0 Å². The molecule has 2 aromatic rings. The third-order valence-corrected chi connectivity index (χ3v) is 2.63. The van der Waals surface area contributed by atoms with E-state index in [1.807, 2.05) is 13.0 Å². The van der Waals surface area contributed by atoms with Crippen molar-refractivity contribution < 1.29 is 9.18 Å². The van der Waals surface area contributed by atoms with Crippen LogP contribution in [0.1, 0.15) is 16.1 Å². The van der Waals surface area contributed by atoms with E-state index in [1.165, 1.54) is 30.6 Å². The van der Waals surface area contributed by atoms with E-state index in [2.05, 4.69) is 20.6 Å². The van der Waals surface area contributed by atoms with Crippen molar-refractivity contribution in [2.45, 2.75) is 6.92 Å². The van der Waals surface area contributed by atoms with Crippen LogP contribution in [0.15, 0.2) is 36.7 Å². The van der Waals surface area contributed by atoms with Gasteiger partial charge >= 0.3 is 0 Å². The van der Waals surface area contributed by atoms with Gasteiger partial charge in [-0.1, -0.05) is 0 Å². The van der Waals surface area contributed by atoms with Gasteiger partial charge in [0.1, 0.15) is 18.0 Å². The predicted octanol–water partition coefficient (Wildman–Crippen LogP) is 1.77. The molecule has 0 aliphatic carbocycles. The van der Waals surface area contributed by atoms with Gasteiger partial charge in [-0.25, -0.2) is 14.4 Å². The normalized spacial score (nSPS) is 10.1. The van der Waals surface area contributed by atoms with Crippen LogP contribution in [-0.4, -0.2) is 29.0 Å². The third kappa shape index (κ3) is 4.01. The number of benzene rings is 1. The zero-order valence-electron chi connectivity index (χ0n) is 11.1. The van der Waals surface area contributed by atoms with Gasteiger partial charge in [0.2, 0.25) is 0 Å². The van der Waals surface area contributed by atoms with Crippen LogP contribution >= 0.6 is 0 Å². The first kappa shape index (κ1) is 13.9. The van der Waals surface area contributed by atoms with Crippen molar-refractivity contribution in [3.63, 3.8) is 0 Å². The van der Waals surface area contributed by atoms with E-state index < -0.39 is 0 Å². The van der Waals surface area contributed by atoms with Crippen LogP contribution in [0.5, 0.6) is 0 Å². The smallest absolute Gasteiger partial charge is 0.251 e. The number of aryl methyl sites for hydroxylation is 1. The van der Waals surface area contributed by atoms with Gasteiger partial charge in [0.25, 0.3) is 5.91 Å². The minimum atomic E-state index is -0.359. The molecule has 0 spiro atoms. The third-order valence-electron chi connectivity index (χ3n) is 2.63. The van der Waals surface area contributed by atoms with Gasteiger partial charge in [-0.3, -0.25) is 4.79 Å². The molecule has 104 valence electrons. The SMILES string of the molecule is Cc1cc(NCCNC(=O)c2ccc(F)cc2)ncn1. The Morgan fingerprint density at radius 1 is 1.20 bits per heavy atom. The fraction of sp³-hybridized carbons (Fsp3) is 0.214. The maximum absolute atomic E-state index is 12.7. The average molecular weight is 274 g/mol. The van der Waals surface area contributed by atoms with E-state index in [9.17, 15) is 9.18 Å². The lowest BCUT2D eigenvalue weighted by atomic mass is 10.2. The van der Waals surface area contributed by atoms with Crippen molar-refractivity contribution in [2.24, 2.45) is 0 Å². The van der Waals surface area contributed by atoms with Gasteiger partial charge in [0.05, 0.1) is 0 Å². The maximum atomic E-state index is 12.7. The van der Waals surface area contributed by atoms with Crippen molar-refractivity contribution >= 4 is 11.7 Å². The van der Waals surface area contributed by atoms with E-state index >= 15 is 0 Å². The summed E-state index contributed by atoms with van der Waals surface area (Å²) in [5, 5.41) is 5.81. The van der Waals surface area contributed by atoms with Gasteiger partial charge < -0.3 is 10.6 Å². The fourth-order valence-electron chi connectivity index (χ4n) is 1.62. The van der Waals surface area contributed by atoms with Crippen LogP contribution in [0.3, 0.4) is 0 Å². The molecule has 1 amide bonds. The van der Waals surface area contributed by atoms with Crippen molar-refractivity contribution in [1.82, 2.24) is 15.3 Å². The molecule has 0 aliphatic rings. The second-order valence-electron chi connectivity index (χ2n) is 4.23. The standard InChI is InChI=1S/C14H15FN4O/c1-10-8-13(19-9-18-10)16-6-7-17-14(20)11-2-4-12(15)5-3-11/h2-5,8-9H,6-7H2,1H3,(H,17,20)(H,16,18,19). The number of amides is 1. The number of nitrogens with zero attached hydrogens (tertiary/aromatic N) is 2. The van der Waals surface area contributed by atoms with E-state index in [0.29, 0.717) is 24.5 Å². The molecule has 2 N–H and O–H groups in total. The van der Waals surface area contributed by atoms with Crippen molar-refractivity contribution in [2.75, 3.05) is 18.4 Å². The zero-order valence-corrected chi connectivity index (χ0v) is 11.1. The quantitative estimate of drug-likeness (QED) is 0.815. The molecule has 0 bridgehead atoms. The Hall–Kier alpha value is -2.50. The minimum Gasteiger partial charge on any atom is -0.368 e. The first-order valence-electron chi connectivity index (χ1n) is 6.21. The minimum absolute atomic E-state index is 0.231. The topological polar surface area (TPSA) is 66.9 Å². The average Bonchev–Trinajstić information content (AvgIpc) is 2.44. The lowest BCUT2D eigenvalue weighted by molar-refractivity contribution is 0.0955. The summed E-state index contributed by atoms with van der Waals surface area (Å²) in [6.07, 6.45) is 1.48. The highest BCUT2D eigenvalue weighted by Gasteiger charge is 2.04. The molecular weight excluding hydrogens is 259 g/mol. The second-order valence-corrected chi connectivity index (χ2v) is 4.23. The molecule has 6 heteroatoms. The van der Waals surface area contributed by atoms with Gasteiger partial charge in [0, 0.05) is 30.4 Å². The van der Waals surface area contributed by atoms with Crippen molar-refractivity contribution in [3.05, 3.63) is 53.7 Å². The van der Waals surface area contributed by atoms with Crippen LogP contribution in [0.2, 0.25) is 0 Å². The number of carbonyl (C=O) groups excluding carboxylic acids is 1. The molecule has 0 unspecified atom stereocenters. The van der Waals surface area contributed by atoms with Gasteiger partial charge in [-0.05, 0) is 31.2 Å². The summed E-state index contributed by atoms with van der Waals surface area (Å²) in [7, 11) is 0. The highest BCUT2D eigenvalue weighted by atomic mass is 19.1. The lowest BCUT2D eigenvalue weighted by Crippen LogP contribution is -2.28. The fourth-order valence-corrected chi connectivity index (χ4v) is 1.62. The molecule has 20 heavy (non-hydrogen) atoms. The van der Waals surface area contributed by atoms with Crippen LogP contribution in [-0.2, 0) is 0 Å². The number of hydrogen-bond acceptors (Lipinski definition) is 4. The first-order valence-corrected chi connectivity index (χ1v) is 6.21. The molecule has 1 aromatic carbocycles. The summed E-state index contributed by atoms with van der Waals surface area (Å²) in [5.41, 5.74) is 1.31. The number of aromatic nitrogens is 2.